The van der Waals surface area contributed by atoms with Crippen LogP contribution < -0.4 is 19.9 Å². The molecule has 0 unspecified atom stereocenters. The van der Waals surface area contributed by atoms with Crippen molar-refractivity contribution in [2.75, 3.05) is 25.6 Å². The predicted octanol–water partition coefficient (Wildman–Crippen LogP) is 2.28. The van der Waals surface area contributed by atoms with Crippen LogP contribution in [0.2, 0.25) is 0 Å². The highest BCUT2D eigenvalue weighted by Gasteiger charge is 2.31. The Balaban J connectivity index is 1.67. The van der Waals surface area contributed by atoms with Gasteiger partial charge in [0.25, 0.3) is 11.8 Å². The third-order valence-electron chi connectivity index (χ3n) is 4.80. The number of carboxylic acid groups (broad SMARTS) is 1. The monoisotopic (exact) mass is 485 g/mol. The van der Waals surface area contributed by atoms with Crippen LogP contribution in [0.4, 0.5) is 5.69 Å². The summed E-state index contributed by atoms with van der Waals surface area (Å²) in [6, 6.07) is 10.6. The highest BCUT2D eigenvalue weighted by Crippen LogP contribution is 2.34. The molecule has 0 saturated carbocycles. The minimum absolute atomic E-state index is 0.150. The summed E-state index contributed by atoms with van der Waals surface area (Å²) in [4.78, 5) is 36.7. The molecular formula is C23H21N2O6S2-. The SMILES string of the molecule is COc1cc(/C=C2/SC(=S)N(CC(=O)[O-])C2=O)ccc1OCC(=O)Nc1ccc(C)c(C)c1. The molecular weight excluding hydrogens is 464 g/mol. The number of rotatable bonds is 8. The maximum Gasteiger partial charge on any atom is 0.266 e. The topological polar surface area (TPSA) is 108 Å². The molecule has 0 aromatic heterocycles. The molecule has 1 saturated heterocycles. The molecule has 1 aliphatic rings. The van der Waals surface area contributed by atoms with Crippen molar-refractivity contribution in [3.8, 4) is 11.5 Å². The van der Waals surface area contributed by atoms with Gasteiger partial charge >= 0.3 is 0 Å². The number of nitrogens with zero attached hydrogens (tertiary/aromatic N) is 1. The average Bonchev–Trinajstić information content (AvgIpc) is 3.02. The van der Waals surface area contributed by atoms with E-state index in [0.29, 0.717) is 22.7 Å². The molecule has 8 nitrogen and oxygen atoms in total. The Bertz CT molecular complexity index is 1160. The lowest BCUT2D eigenvalue weighted by Crippen LogP contribution is -2.40. The van der Waals surface area contributed by atoms with Crippen molar-refractivity contribution < 1.29 is 29.0 Å². The van der Waals surface area contributed by atoms with E-state index in [9.17, 15) is 19.5 Å². The first-order chi connectivity index (χ1) is 15.7. The van der Waals surface area contributed by atoms with Crippen molar-refractivity contribution in [1.29, 1.82) is 0 Å². The molecule has 0 bridgehead atoms. The van der Waals surface area contributed by atoms with Gasteiger partial charge in [0.05, 0.1) is 24.5 Å². The zero-order valence-electron chi connectivity index (χ0n) is 18.2. The largest absolute Gasteiger partial charge is 0.548 e. The quantitative estimate of drug-likeness (QED) is 0.448. The molecule has 0 atom stereocenters. The molecule has 1 fully saturated rings. The second-order valence-corrected chi connectivity index (χ2v) is 8.86. The van der Waals surface area contributed by atoms with E-state index >= 15 is 0 Å². The molecule has 1 N–H and O–H groups in total. The summed E-state index contributed by atoms with van der Waals surface area (Å²) in [5.74, 6) is -1.49. The molecule has 2 amide bonds. The van der Waals surface area contributed by atoms with Crippen LogP contribution >= 0.6 is 24.0 Å². The molecule has 10 heteroatoms. The van der Waals surface area contributed by atoms with E-state index in [1.54, 1.807) is 24.3 Å². The third-order valence-corrected chi connectivity index (χ3v) is 6.17. The second kappa shape index (κ2) is 10.5. The summed E-state index contributed by atoms with van der Waals surface area (Å²) in [7, 11) is 1.46. The zero-order chi connectivity index (χ0) is 24.1. The average molecular weight is 486 g/mol. The van der Waals surface area contributed by atoms with Crippen molar-refractivity contribution in [2.45, 2.75) is 13.8 Å². The van der Waals surface area contributed by atoms with Crippen LogP contribution in [0.1, 0.15) is 16.7 Å². The third kappa shape index (κ3) is 6.11. The predicted molar refractivity (Wildman–Crippen MR) is 128 cm³/mol. The lowest BCUT2D eigenvalue weighted by molar-refractivity contribution is -0.305. The Labute approximate surface area is 200 Å². The number of carboxylic acids is 1. The van der Waals surface area contributed by atoms with Gasteiger partial charge in [-0.3, -0.25) is 14.5 Å². The van der Waals surface area contributed by atoms with Crippen LogP contribution in [0.5, 0.6) is 11.5 Å². The Morgan fingerprint density at radius 1 is 1.15 bits per heavy atom. The van der Waals surface area contributed by atoms with Crippen molar-refractivity contribution in [3.63, 3.8) is 0 Å². The van der Waals surface area contributed by atoms with Crippen LogP contribution in [0.25, 0.3) is 6.08 Å². The van der Waals surface area contributed by atoms with Gasteiger partial charge in [0.15, 0.2) is 18.1 Å². The Morgan fingerprint density at radius 3 is 2.58 bits per heavy atom. The van der Waals surface area contributed by atoms with Crippen LogP contribution in [0.3, 0.4) is 0 Å². The number of benzene rings is 2. The number of thiocarbonyl (C=S) groups is 1. The van der Waals surface area contributed by atoms with E-state index in [4.69, 9.17) is 21.7 Å². The number of aryl methyl sites for hydroxylation is 2. The van der Waals surface area contributed by atoms with E-state index in [1.165, 1.54) is 7.11 Å². The summed E-state index contributed by atoms with van der Waals surface area (Å²) >= 11 is 6.08. The number of ether oxygens (including phenoxy) is 2. The summed E-state index contributed by atoms with van der Waals surface area (Å²) in [6.45, 7) is 3.15. The smallest absolute Gasteiger partial charge is 0.266 e. The molecule has 33 heavy (non-hydrogen) atoms. The summed E-state index contributed by atoms with van der Waals surface area (Å²) in [6.07, 6.45) is 1.58. The molecule has 0 aliphatic carbocycles. The van der Waals surface area contributed by atoms with Gasteiger partial charge in [0, 0.05) is 5.69 Å². The molecule has 2 aromatic carbocycles. The molecule has 0 spiro atoms. The number of amides is 2. The van der Waals surface area contributed by atoms with Gasteiger partial charge in [0.1, 0.15) is 4.32 Å². The van der Waals surface area contributed by atoms with Crippen molar-refractivity contribution in [2.24, 2.45) is 0 Å². The second-order valence-electron chi connectivity index (χ2n) is 7.19. The molecule has 2 aromatic rings. The number of anilines is 1. The highest BCUT2D eigenvalue weighted by atomic mass is 32.2. The van der Waals surface area contributed by atoms with E-state index in [2.05, 4.69) is 5.32 Å². The molecule has 1 heterocycles. The zero-order valence-corrected chi connectivity index (χ0v) is 19.8. The number of thioether (sulfide) groups is 1. The first-order valence-electron chi connectivity index (χ1n) is 9.81. The minimum atomic E-state index is -1.39. The molecule has 3 rings (SSSR count). The normalized spacial score (nSPS) is 14.5. The van der Waals surface area contributed by atoms with Gasteiger partial charge in [-0.2, -0.15) is 0 Å². The van der Waals surface area contributed by atoms with Crippen molar-refractivity contribution >= 4 is 57.8 Å². The van der Waals surface area contributed by atoms with Crippen LogP contribution in [0, 0.1) is 13.8 Å². The number of aliphatic carboxylic acids is 1. The molecule has 0 radical (unpaired) electrons. The summed E-state index contributed by atoms with van der Waals surface area (Å²) < 4.78 is 11.1. The van der Waals surface area contributed by atoms with Gasteiger partial charge in [-0.25, -0.2) is 0 Å². The number of hydrogen-bond donors (Lipinski definition) is 1. The Morgan fingerprint density at radius 2 is 1.91 bits per heavy atom. The van der Waals surface area contributed by atoms with E-state index < -0.39 is 18.4 Å². The maximum absolute atomic E-state index is 12.4. The maximum atomic E-state index is 12.4. The lowest BCUT2D eigenvalue weighted by atomic mass is 10.1. The van der Waals surface area contributed by atoms with Gasteiger partial charge in [-0.15, -0.1) is 0 Å². The first-order valence-corrected chi connectivity index (χ1v) is 11.0. The Kier molecular flexibility index (Phi) is 7.72. The first kappa shape index (κ1) is 24.3. The number of nitrogens with one attached hydrogen (secondary N) is 1. The number of carbonyl (C=O) groups is 3. The number of hydrogen-bond acceptors (Lipinski definition) is 8. The fourth-order valence-electron chi connectivity index (χ4n) is 2.97. The fraction of sp³-hybridized carbons (Fsp3) is 0.217. The van der Waals surface area contributed by atoms with Crippen molar-refractivity contribution in [3.05, 3.63) is 58.0 Å². The van der Waals surface area contributed by atoms with Gasteiger partial charge in [-0.05, 0) is 60.9 Å². The number of carbonyl (C=O) groups excluding carboxylic acids is 3. The standard InChI is InChI=1S/C23H22N2O6S2/c1-13-4-6-16(8-14(13)2)24-20(26)12-31-17-7-5-15(9-18(17)30-3)10-19-22(29)25(11-21(27)28)23(32)33-19/h4-10H,11-12H2,1-3H3,(H,24,26)(H,27,28)/p-1/b19-10+. The summed E-state index contributed by atoms with van der Waals surface area (Å²) in [5, 5.41) is 13.6. The minimum Gasteiger partial charge on any atom is -0.548 e. The van der Waals surface area contributed by atoms with E-state index in [0.717, 1.165) is 27.8 Å². The Hall–Kier alpha value is -3.37. The fourth-order valence-corrected chi connectivity index (χ4v) is 4.22. The van der Waals surface area contributed by atoms with Gasteiger partial charge in [-0.1, -0.05) is 36.1 Å². The van der Waals surface area contributed by atoms with Gasteiger partial charge in [0.2, 0.25) is 0 Å². The van der Waals surface area contributed by atoms with Crippen LogP contribution in [-0.2, 0) is 14.4 Å². The van der Waals surface area contributed by atoms with E-state index in [1.807, 2.05) is 32.0 Å². The molecule has 172 valence electrons. The lowest BCUT2D eigenvalue weighted by Gasteiger charge is -2.14. The van der Waals surface area contributed by atoms with Crippen molar-refractivity contribution in [1.82, 2.24) is 4.90 Å². The highest BCUT2D eigenvalue weighted by molar-refractivity contribution is 8.26. The van der Waals surface area contributed by atoms with E-state index in [-0.39, 0.29) is 21.7 Å². The number of methoxy groups -OCH3 is 1. The van der Waals surface area contributed by atoms with Gasteiger partial charge < -0.3 is 24.7 Å². The summed E-state index contributed by atoms with van der Waals surface area (Å²) in [5.41, 5.74) is 3.51. The van der Waals surface area contributed by atoms with Crippen LogP contribution in [-0.4, -0.2) is 47.3 Å². The van der Waals surface area contributed by atoms with Crippen LogP contribution in [0.15, 0.2) is 41.3 Å². The molecule has 1 aliphatic heterocycles.